The Kier molecular flexibility index (Phi) is 5.34. The fourth-order valence-corrected chi connectivity index (χ4v) is 1.81. The van der Waals surface area contributed by atoms with Crippen molar-refractivity contribution in [2.24, 2.45) is 0 Å². The van der Waals surface area contributed by atoms with E-state index in [1.54, 1.807) is 0 Å². The van der Waals surface area contributed by atoms with Crippen LogP contribution in [-0.4, -0.2) is 37.8 Å². The van der Waals surface area contributed by atoms with Gasteiger partial charge in [-0.3, -0.25) is 0 Å². The van der Waals surface area contributed by atoms with Crippen LogP contribution in [0.2, 0.25) is 0 Å². The van der Waals surface area contributed by atoms with Crippen molar-refractivity contribution < 1.29 is 9.22 Å². The first kappa shape index (κ1) is 12.7. The number of quaternary nitrogens is 1. The molecule has 0 aliphatic carbocycles. The predicted molar refractivity (Wildman–Crippen MR) is 64.6 cm³/mol. The average Bonchev–Trinajstić information content (AvgIpc) is 2.94. The molecule has 1 saturated heterocycles. The van der Waals surface area contributed by atoms with Gasteiger partial charge in [0.2, 0.25) is 0 Å². The topological polar surface area (TPSA) is 12.5 Å². The summed E-state index contributed by atoms with van der Waals surface area (Å²) in [6, 6.07) is 0. The van der Waals surface area contributed by atoms with E-state index in [2.05, 4.69) is 33.3 Å². The minimum atomic E-state index is 0.518. The second kappa shape index (κ2) is 6.29. The summed E-state index contributed by atoms with van der Waals surface area (Å²) in [7, 11) is 4.48. The molecule has 0 aromatic heterocycles. The number of hydrogen-bond donors (Lipinski definition) is 0. The quantitative estimate of drug-likeness (QED) is 0.342. The van der Waals surface area contributed by atoms with Crippen molar-refractivity contribution in [3.05, 3.63) is 12.3 Å². The Hall–Kier alpha value is -0.340. The van der Waals surface area contributed by atoms with Crippen molar-refractivity contribution in [3.8, 4) is 0 Å². The Labute approximate surface area is 94.5 Å². The Morgan fingerprint density at radius 1 is 1.27 bits per heavy atom. The zero-order chi connectivity index (χ0) is 11.1. The van der Waals surface area contributed by atoms with Crippen molar-refractivity contribution in [2.45, 2.75) is 45.1 Å². The zero-order valence-electron chi connectivity index (χ0n) is 10.5. The van der Waals surface area contributed by atoms with E-state index in [1.807, 2.05) is 0 Å². The molecule has 15 heavy (non-hydrogen) atoms. The highest BCUT2D eigenvalue weighted by atomic mass is 16.6. The van der Waals surface area contributed by atoms with E-state index in [4.69, 9.17) is 4.74 Å². The van der Waals surface area contributed by atoms with Gasteiger partial charge in [-0.05, 0) is 18.9 Å². The molecule has 1 rings (SSSR count). The van der Waals surface area contributed by atoms with Crippen molar-refractivity contribution >= 4 is 0 Å². The SMILES string of the molecule is CCCCCC/C=C/[N+](C)(C)CC1CO1. The number of nitrogens with zero attached hydrogens (tertiary/aromatic N) is 1. The molecule has 1 aliphatic heterocycles. The van der Waals surface area contributed by atoms with E-state index in [1.165, 1.54) is 32.1 Å². The number of allylic oxidation sites excluding steroid dienone is 1. The molecule has 0 saturated carbocycles. The lowest BCUT2D eigenvalue weighted by molar-refractivity contribution is -0.839. The predicted octanol–water partition coefficient (Wildman–Crippen LogP) is 2.95. The first-order valence-electron chi connectivity index (χ1n) is 6.26. The van der Waals surface area contributed by atoms with E-state index >= 15 is 0 Å². The minimum absolute atomic E-state index is 0.518. The van der Waals surface area contributed by atoms with Gasteiger partial charge in [0, 0.05) is 0 Å². The molecule has 1 fully saturated rings. The van der Waals surface area contributed by atoms with Gasteiger partial charge in [0.05, 0.1) is 26.9 Å². The first-order chi connectivity index (χ1) is 7.14. The Morgan fingerprint density at radius 2 is 2.00 bits per heavy atom. The fourth-order valence-electron chi connectivity index (χ4n) is 1.81. The standard InChI is InChI=1S/C13H26NO/c1-4-5-6-7-8-9-10-14(2,3)11-13-12-15-13/h9-10,13H,4-8,11-12H2,1-3H3/q+1/b10-9+. The van der Waals surface area contributed by atoms with Crippen LogP contribution in [0.15, 0.2) is 12.3 Å². The third-order valence-corrected chi connectivity index (χ3v) is 2.81. The molecule has 1 aliphatic rings. The average molecular weight is 212 g/mol. The summed E-state index contributed by atoms with van der Waals surface area (Å²) in [5.74, 6) is 0. The van der Waals surface area contributed by atoms with Crippen LogP contribution in [0.5, 0.6) is 0 Å². The van der Waals surface area contributed by atoms with Crippen LogP contribution in [0.25, 0.3) is 0 Å². The van der Waals surface area contributed by atoms with Crippen LogP contribution >= 0.6 is 0 Å². The van der Waals surface area contributed by atoms with Crippen LogP contribution in [0, 0.1) is 0 Å². The maximum absolute atomic E-state index is 5.25. The number of rotatable bonds is 8. The highest BCUT2D eigenvalue weighted by Gasteiger charge is 2.30. The number of unbranched alkanes of at least 4 members (excludes halogenated alkanes) is 4. The second-order valence-corrected chi connectivity index (χ2v) is 5.15. The third-order valence-electron chi connectivity index (χ3n) is 2.81. The van der Waals surface area contributed by atoms with Gasteiger partial charge in [-0.1, -0.05) is 26.2 Å². The highest BCUT2D eigenvalue weighted by molar-refractivity contribution is 4.76. The van der Waals surface area contributed by atoms with Gasteiger partial charge in [0.1, 0.15) is 12.6 Å². The maximum Gasteiger partial charge on any atom is 0.130 e. The van der Waals surface area contributed by atoms with Crippen molar-refractivity contribution in [1.82, 2.24) is 0 Å². The Bertz CT molecular complexity index is 195. The molecule has 0 N–H and O–H groups in total. The van der Waals surface area contributed by atoms with E-state index < -0.39 is 0 Å². The van der Waals surface area contributed by atoms with E-state index in [9.17, 15) is 0 Å². The lowest BCUT2D eigenvalue weighted by Gasteiger charge is -2.23. The second-order valence-electron chi connectivity index (χ2n) is 5.15. The van der Waals surface area contributed by atoms with Crippen LogP contribution < -0.4 is 0 Å². The smallest absolute Gasteiger partial charge is 0.130 e. The number of likely N-dealkylation sites (N-methyl/N-ethyl adjacent to an activating group) is 1. The number of hydrogen-bond acceptors (Lipinski definition) is 1. The number of epoxide rings is 1. The molecule has 0 amide bonds. The van der Waals surface area contributed by atoms with Gasteiger partial charge < -0.3 is 9.22 Å². The normalized spacial score (nSPS) is 21.1. The molecule has 0 spiro atoms. The lowest BCUT2D eigenvalue weighted by Crippen LogP contribution is -2.36. The molecule has 2 heteroatoms. The third kappa shape index (κ3) is 6.69. The van der Waals surface area contributed by atoms with Gasteiger partial charge in [-0.2, -0.15) is 0 Å². The summed E-state index contributed by atoms with van der Waals surface area (Å²) in [6.07, 6.45) is 11.8. The molecule has 0 bridgehead atoms. The molecule has 0 aromatic rings. The molecule has 1 heterocycles. The minimum Gasteiger partial charge on any atom is -0.367 e. The van der Waals surface area contributed by atoms with E-state index in [-0.39, 0.29) is 0 Å². The monoisotopic (exact) mass is 212 g/mol. The fraction of sp³-hybridized carbons (Fsp3) is 0.846. The van der Waals surface area contributed by atoms with Crippen molar-refractivity contribution in [3.63, 3.8) is 0 Å². The molecule has 0 aromatic carbocycles. The maximum atomic E-state index is 5.25. The van der Waals surface area contributed by atoms with E-state index in [0.717, 1.165) is 17.6 Å². The molecule has 1 atom stereocenters. The lowest BCUT2D eigenvalue weighted by atomic mass is 10.1. The molecular formula is C13H26NO+. The molecule has 2 nitrogen and oxygen atoms in total. The summed E-state index contributed by atoms with van der Waals surface area (Å²) in [4.78, 5) is 0. The van der Waals surface area contributed by atoms with Crippen LogP contribution in [0.1, 0.15) is 39.0 Å². The first-order valence-corrected chi connectivity index (χ1v) is 6.26. The molecular weight excluding hydrogens is 186 g/mol. The highest BCUT2D eigenvalue weighted by Crippen LogP contribution is 2.14. The van der Waals surface area contributed by atoms with E-state index in [0.29, 0.717) is 6.10 Å². The largest absolute Gasteiger partial charge is 0.367 e. The van der Waals surface area contributed by atoms with Gasteiger partial charge in [0.15, 0.2) is 0 Å². The summed E-state index contributed by atoms with van der Waals surface area (Å²) < 4.78 is 6.21. The molecule has 1 unspecified atom stereocenters. The van der Waals surface area contributed by atoms with Crippen molar-refractivity contribution in [1.29, 1.82) is 0 Å². The summed E-state index contributed by atoms with van der Waals surface area (Å²) in [5, 5.41) is 0. The Morgan fingerprint density at radius 3 is 2.60 bits per heavy atom. The van der Waals surface area contributed by atoms with Gasteiger partial charge >= 0.3 is 0 Å². The van der Waals surface area contributed by atoms with Gasteiger partial charge in [-0.15, -0.1) is 0 Å². The van der Waals surface area contributed by atoms with Crippen LogP contribution in [0.3, 0.4) is 0 Å². The zero-order valence-corrected chi connectivity index (χ0v) is 10.5. The summed E-state index contributed by atoms with van der Waals surface area (Å²) in [6.45, 7) is 4.34. The summed E-state index contributed by atoms with van der Waals surface area (Å²) in [5.41, 5.74) is 0. The molecule has 88 valence electrons. The van der Waals surface area contributed by atoms with Crippen molar-refractivity contribution in [2.75, 3.05) is 27.2 Å². The molecule has 0 radical (unpaired) electrons. The number of ether oxygens (including phenoxy) is 1. The van der Waals surface area contributed by atoms with Gasteiger partial charge in [-0.25, -0.2) is 0 Å². The van der Waals surface area contributed by atoms with Gasteiger partial charge in [0.25, 0.3) is 0 Å². The van der Waals surface area contributed by atoms with Crippen LogP contribution in [-0.2, 0) is 4.74 Å². The summed E-state index contributed by atoms with van der Waals surface area (Å²) >= 11 is 0. The Balaban J connectivity index is 2.06. The van der Waals surface area contributed by atoms with Crippen LogP contribution in [0.4, 0.5) is 0 Å².